The Kier molecular flexibility index (Phi) is 5.21. The number of methoxy groups -OCH3 is 1. The number of benzene rings is 3. The van der Waals surface area contributed by atoms with Gasteiger partial charge in [0.05, 0.1) is 19.2 Å². The number of hydrogen-bond acceptors (Lipinski definition) is 4. The summed E-state index contributed by atoms with van der Waals surface area (Å²) in [7, 11) is 1.66. The van der Waals surface area contributed by atoms with Crippen molar-refractivity contribution in [2.24, 2.45) is 0 Å². The number of nitrogens with zero attached hydrogens (tertiary/aromatic N) is 1. The molecule has 4 rings (SSSR count). The third kappa shape index (κ3) is 3.56. The second-order valence-corrected chi connectivity index (χ2v) is 8.57. The van der Waals surface area contributed by atoms with Crippen LogP contribution in [0.25, 0.3) is 0 Å². The molecule has 1 heterocycles. The first-order chi connectivity index (χ1) is 13.6. The average molecular weight is 407 g/mol. The summed E-state index contributed by atoms with van der Waals surface area (Å²) in [5.41, 5.74) is 3.15. The zero-order valence-electron chi connectivity index (χ0n) is 15.4. The summed E-state index contributed by atoms with van der Waals surface area (Å²) >= 11 is 7.72. The van der Waals surface area contributed by atoms with Gasteiger partial charge in [-0.2, -0.15) is 5.26 Å². The Morgan fingerprint density at radius 1 is 1.11 bits per heavy atom. The van der Waals surface area contributed by atoms with Crippen LogP contribution in [0.1, 0.15) is 17.2 Å². The number of nitrogens with one attached hydrogen (secondary N) is 1. The van der Waals surface area contributed by atoms with E-state index in [0.717, 1.165) is 27.5 Å². The lowest BCUT2D eigenvalue weighted by Crippen LogP contribution is -2.41. The molecule has 28 heavy (non-hydrogen) atoms. The highest BCUT2D eigenvalue weighted by atomic mass is 35.5. The SMILES string of the molecule is COc1cccc(CC2(C#N)Sc3ccccc3NC2c2ccc(Cl)cc2)c1. The van der Waals surface area contributed by atoms with Gasteiger partial charge < -0.3 is 10.1 Å². The third-order valence-corrected chi connectivity index (χ3v) is 6.60. The largest absolute Gasteiger partial charge is 0.497 e. The van der Waals surface area contributed by atoms with Crippen LogP contribution in [0, 0.1) is 11.3 Å². The normalized spacial score (nSPS) is 20.5. The predicted octanol–water partition coefficient (Wildman–Crippen LogP) is 6.11. The molecule has 0 fully saturated rings. The average Bonchev–Trinajstić information content (AvgIpc) is 2.74. The molecule has 3 aromatic rings. The molecule has 140 valence electrons. The number of nitriles is 1. The van der Waals surface area contributed by atoms with Crippen LogP contribution in [0.4, 0.5) is 5.69 Å². The minimum atomic E-state index is -0.714. The van der Waals surface area contributed by atoms with Gasteiger partial charge in [-0.05, 0) is 47.5 Å². The minimum absolute atomic E-state index is 0.180. The Balaban J connectivity index is 1.80. The summed E-state index contributed by atoms with van der Waals surface area (Å²) in [6.45, 7) is 0. The minimum Gasteiger partial charge on any atom is -0.497 e. The monoisotopic (exact) mass is 406 g/mol. The zero-order valence-corrected chi connectivity index (χ0v) is 16.9. The lowest BCUT2D eigenvalue weighted by atomic mass is 9.87. The number of hydrogen-bond donors (Lipinski definition) is 1. The summed E-state index contributed by atoms with van der Waals surface area (Å²) in [4.78, 5) is 1.08. The Bertz CT molecular complexity index is 1030. The van der Waals surface area contributed by atoms with Crippen LogP contribution in [0.15, 0.2) is 77.7 Å². The summed E-state index contributed by atoms with van der Waals surface area (Å²) in [5, 5.41) is 14.7. The van der Waals surface area contributed by atoms with E-state index in [1.54, 1.807) is 18.9 Å². The van der Waals surface area contributed by atoms with Crippen LogP contribution in [-0.4, -0.2) is 11.9 Å². The van der Waals surface area contributed by atoms with Gasteiger partial charge >= 0.3 is 0 Å². The van der Waals surface area contributed by atoms with E-state index < -0.39 is 4.75 Å². The number of fused-ring (bicyclic) bond motifs is 1. The Hall–Kier alpha value is -2.61. The smallest absolute Gasteiger partial charge is 0.135 e. The van der Waals surface area contributed by atoms with Crippen molar-refractivity contribution in [3.63, 3.8) is 0 Å². The fourth-order valence-electron chi connectivity index (χ4n) is 3.56. The fourth-order valence-corrected chi connectivity index (χ4v) is 5.06. The van der Waals surface area contributed by atoms with Crippen molar-refractivity contribution in [2.75, 3.05) is 12.4 Å². The molecule has 1 N–H and O–H groups in total. The summed E-state index contributed by atoms with van der Waals surface area (Å²) in [5.74, 6) is 0.794. The van der Waals surface area contributed by atoms with Crippen molar-refractivity contribution in [3.8, 4) is 11.8 Å². The van der Waals surface area contributed by atoms with E-state index in [2.05, 4.69) is 23.5 Å². The molecular formula is C23H19ClN2OS. The molecule has 2 atom stereocenters. The first-order valence-electron chi connectivity index (χ1n) is 8.98. The maximum atomic E-state index is 10.4. The molecule has 0 bridgehead atoms. The van der Waals surface area contributed by atoms with Gasteiger partial charge in [0.1, 0.15) is 10.5 Å². The van der Waals surface area contributed by atoms with Crippen molar-refractivity contribution in [3.05, 3.63) is 88.9 Å². The highest BCUT2D eigenvalue weighted by Crippen LogP contribution is 2.52. The van der Waals surface area contributed by atoms with Crippen molar-refractivity contribution >= 4 is 29.1 Å². The van der Waals surface area contributed by atoms with E-state index >= 15 is 0 Å². The molecular weight excluding hydrogens is 388 g/mol. The highest BCUT2D eigenvalue weighted by molar-refractivity contribution is 8.01. The van der Waals surface area contributed by atoms with Crippen molar-refractivity contribution in [2.45, 2.75) is 22.1 Å². The summed E-state index contributed by atoms with van der Waals surface area (Å²) in [6, 6.07) is 26.2. The van der Waals surface area contributed by atoms with E-state index in [4.69, 9.17) is 16.3 Å². The Morgan fingerprint density at radius 3 is 2.64 bits per heavy atom. The van der Waals surface area contributed by atoms with Crippen molar-refractivity contribution in [1.29, 1.82) is 5.26 Å². The first kappa shape index (κ1) is 18.7. The maximum absolute atomic E-state index is 10.4. The van der Waals surface area contributed by atoms with Crippen LogP contribution in [-0.2, 0) is 6.42 Å². The van der Waals surface area contributed by atoms with Crippen LogP contribution in [0.2, 0.25) is 5.02 Å². The number of rotatable bonds is 4. The van der Waals surface area contributed by atoms with Crippen LogP contribution in [0.5, 0.6) is 5.75 Å². The van der Waals surface area contributed by atoms with Gasteiger partial charge in [0, 0.05) is 22.0 Å². The van der Waals surface area contributed by atoms with E-state index in [-0.39, 0.29) is 6.04 Å². The second kappa shape index (κ2) is 7.79. The quantitative estimate of drug-likeness (QED) is 0.567. The third-order valence-electron chi connectivity index (χ3n) is 4.94. The van der Waals surface area contributed by atoms with Crippen LogP contribution in [0.3, 0.4) is 0 Å². The lowest BCUT2D eigenvalue weighted by molar-refractivity contribution is 0.414. The highest BCUT2D eigenvalue weighted by Gasteiger charge is 2.45. The molecule has 5 heteroatoms. The molecule has 0 saturated heterocycles. The molecule has 0 radical (unpaired) electrons. The topological polar surface area (TPSA) is 45.0 Å². The van der Waals surface area contributed by atoms with Gasteiger partial charge in [-0.25, -0.2) is 0 Å². The summed E-state index contributed by atoms with van der Waals surface area (Å²) < 4.78 is 4.66. The molecule has 0 spiro atoms. The van der Waals surface area contributed by atoms with Crippen molar-refractivity contribution < 1.29 is 4.74 Å². The predicted molar refractivity (Wildman–Crippen MR) is 115 cm³/mol. The Morgan fingerprint density at radius 2 is 1.89 bits per heavy atom. The Labute approximate surface area is 174 Å². The van der Waals surface area contributed by atoms with Gasteiger partial charge in [-0.1, -0.05) is 59.8 Å². The van der Waals surface area contributed by atoms with Gasteiger partial charge in [-0.15, -0.1) is 0 Å². The lowest BCUT2D eigenvalue weighted by Gasteiger charge is -2.40. The van der Waals surface area contributed by atoms with E-state index in [9.17, 15) is 5.26 Å². The number of thioether (sulfide) groups is 1. The van der Waals surface area contributed by atoms with Crippen molar-refractivity contribution in [1.82, 2.24) is 0 Å². The molecule has 0 amide bonds. The first-order valence-corrected chi connectivity index (χ1v) is 10.2. The number of para-hydroxylation sites is 1. The molecule has 1 aliphatic rings. The van der Waals surface area contributed by atoms with Crippen LogP contribution < -0.4 is 10.1 Å². The van der Waals surface area contributed by atoms with E-state index in [0.29, 0.717) is 11.4 Å². The molecule has 2 unspecified atom stereocenters. The zero-order chi connectivity index (χ0) is 19.6. The molecule has 0 aliphatic carbocycles. The van der Waals surface area contributed by atoms with Gasteiger partial charge in [-0.3, -0.25) is 0 Å². The summed E-state index contributed by atoms with van der Waals surface area (Å²) in [6.07, 6.45) is 0.583. The standard InChI is InChI=1S/C23H19ClN2OS/c1-27-19-6-4-5-16(13-19)14-23(15-25)22(17-9-11-18(24)12-10-17)26-20-7-2-3-8-21(20)28-23/h2-13,22,26H,14H2,1H3. The second-order valence-electron chi connectivity index (χ2n) is 6.76. The van der Waals surface area contributed by atoms with Gasteiger partial charge in [0.25, 0.3) is 0 Å². The molecule has 3 nitrogen and oxygen atoms in total. The molecule has 3 aromatic carbocycles. The van der Waals surface area contributed by atoms with Gasteiger partial charge in [0.15, 0.2) is 0 Å². The number of ether oxygens (including phenoxy) is 1. The molecule has 0 saturated carbocycles. The fraction of sp³-hybridized carbons (Fsp3) is 0.174. The number of anilines is 1. The van der Waals surface area contributed by atoms with E-state index in [1.807, 2.05) is 60.7 Å². The number of halogens is 1. The van der Waals surface area contributed by atoms with Gasteiger partial charge in [0.2, 0.25) is 0 Å². The van der Waals surface area contributed by atoms with Crippen LogP contribution >= 0.6 is 23.4 Å². The maximum Gasteiger partial charge on any atom is 0.135 e. The van der Waals surface area contributed by atoms with E-state index in [1.165, 1.54) is 0 Å². The molecule has 1 aliphatic heterocycles. The molecule has 0 aromatic heterocycles.